The lowest BCUT2D eigenvalue weighted by molar-refractivity contribution is -0.119. The fourth-order valence-corrected chi connectivity index (χ4v) is 4.04. The van der Waals surface area contributed by atoms with E-state index in [4.69, 9.17) is 4.74 Å². The van der Waals surface area contributed by atoms with Gasteiger partial charge in [0.15, 0.2) is 12.4 Å². The number of nitrogens with zero attached hydrogens (tertiary/aromatic N) is 5. The molecule has 0 saturated carbocycles. The van der Waals surface area contributed by atoms with E-state index < -0.39 is 24.3 Å². The maximum atomic E-state index is 14.3. The summed E-state index contributed by atoms with van der Waals surface area (Å²) in [4.78, 5) is 30.1. The number of benzene rings is 2. The number of fused-ring (bicyclic) bond motifs is 2. The first kappa shape index (κ1) is 20.7. The third-order valence-electron chi connectivity index (χ3n) is 5.55. The lowest BCUT2D eigenvalue weighted by atomic mass is 10.0. The summed E-state index contributed by atoms with van der Waals surface area (Å²) in [6, 6.07) is 11.4. The highest BCUT2D eigenvalue weighted by Crippen LogP contribution is 2.30. The van der Waals surface area contributed by atoms with E-state index in [1.165, 1.54) is 22.9 Å². The highest BCUT2D eigenvalue weighted by molar-refractivity contribution is 6.06. The minimum absolute atomic E-state index is 0.0706. The monoisotopic (exact) mass is 446 g/mol. The second-order valence-electron chi connectivity index (χ2n) is 7.71. The van der Waals surface area contributed by atoms with Crippen LogP contribution in [0, 0.1) is 12.7 Å². The Kier molecular flexibility index (Phi) is 5.25. The number of tetrazole rings is 1. The van der Waals surface area contributed by atoms with E-state index in [0.717, 1.165) is 30.5 Å². The second kappa shape index (κ2) is 8.38. The Bertz CT molecular complexity index is 1400. The minimum atomic E-state index is -0.664. The normalized spacial score (nSPS) is 12.5. The lowest BCUT2D eigenvalue weighted by Crippen LogP contribution is -2.22. The number of hydrogen-bond acceptors (Lipinski definition) is 7. The van der Waals surface area contributed by atoms with Gasteiger partial charge in [0.2, 0.25) is 0 Å². The van der Waals surface area contributed by atoms with Gasteiger partial charge in [-0.1, -0.05) is 18.2 Å². The van der Waals surface area contributed by atoms with Crippen molar-refractivity contribution in [3.05, 3.63) is 70.9 Å². The fourth-order valence-electron chi connectivity index (χ4n) is 4.04. The standard InChI is InChI=1S/C23H19FN6O3/c1-13-27-28-29-30(13)14-9-10-17(24)20(11-14)26-21(31)12-33-23(32)22-15-5-2-3-7-18(15)25-19-8-4-6-16(19)22/h2-3,5,7,9-11H,4,6,8,12H2,1H3,(H,26,31). The van der Waals surface area contributed by atoms with Crippen LogP contribution in [-0.2, 0) is 22.4 Å². The summed E-state index contributed by atoms with van der Waals surface area (Å²) >= 11 is 0. The Morgan fingerprint density at radius 3 is 2.85 bits per heavy atom. The number of amides is 1. The Hall–Kier alpha value is -4.21. The van der Waals surface area contributed by atoms with Crippen LogP contribution in [0.5, 0.6) is 0 Å². The minimum Gasteiger partial charge on any atom is -0.452 e. The summed E-state index contributed by atoms with van der Waals surface area (Å²) in [5.74, 6) is -1.39. The van der Waals surface area contributed by atoms with Crippen molar-refractivity contribution >= 4 is 28.5 Å². The van der Waals surface area contributed by atoms with Gasteiger partial charge in [0, 0.05) is 11.1 Å². The van der Waals surface area contributed by atoms with Gasteiger partial charge in [0.1, 0.15) is 5.82 Å². The number of esters is 1. The molecule has 1 N–H and O–H groups in total. The molecular formula is C23H19FN6O3. The van der Waals surface area contributed by atoms with Crippen LogP contribution in [0.2, 0.25) is 0 Å². The Labute approximate surface area is 187 Å². The van der Waals surface area contributed by atoms with Crippen molar-refractivity contribution < 1.29 is 18.7 Å². The molecule has 0 aliphatic heterocycles. The van der Waals surface area contributed by atoms with Gasteiger partial charge < -0.3 is 10.1 Å². The van der Waals surface area contributed by atoms with Gasteiger partial charge in [-0.15, -0.1) is 5.10 Å². The molecule has 10 heteroatoms. The topological polar surface area (TPSA) is 112 Å². The molecule has 5 rings (SSSR count). The molecule has 33 heavy (non-hydrogen) atoms. The summed E-state index contributed by atoms with van der Waals surface area (Å²) in [6.45, 7) is 1.14. The summed E-state index contributed by atoms with van der Waals surface area (Å²) in [5.41, 5.74) is 3.33. The van der Waals surface area contributed by atoms with E-state index in [1.54, 1.807) is 6.92 Å². The van der Waals surface area contributed by atoms with E-state index in [0.29, 0.717) is 28.0 Å². The van der Waals surface area contributed by atoms with Crippen LogP contribution >= 0.6 is 0 Å². The molecule has 0 unspecified atom stereocenters. The average Bonchev–Trinajstić information content (AvgIpc) is 3.46. The Morgan fingerprint density at radius 1 is 1.18 bits per heavy atom. The van der Waals surface area contributed by atoms with Crippen molar-refractivity contribution in [2.24, 2.45) is 0 Å². The number of hydrogen-bond donors (Lipinski definition) is 1. The summed E-state index contributed by atoms with van der Waals surface area (Å²) in [7, 11) is 0. The van der Waals surface area contributed by atoms with Crippen LogP contribution in [0.15, 0.2) is 42.5 Å². The third kappa shape index (κ3) is 3.91. The molecule has 1 aliphatic carbocycles. The van der Waals surface area contributed by atoms with Crippen molar-refractivity contribution in [2.45, 2.75) is 26.2 Å². The van der Waals surface area contributed by atoms with E-state index in [-0.39, 0.29) is 5.69 Å². The number of nitrogens with one attached hydrogen (secondary N) is 1. The highest BCUT2D eigenvalue weighted by atomic mass is 19.1. The average molecular weight is 446 g/mol. The summed E-state index contributed by atoms with van der Waals surface area (Å²) in [6.07, 6.45) is 2.45. The molecule has 2 heterocycles. The highest BCUT2D eigenvalue weighted by Gasteiger charge is 2.25. The maximum Gasteiger partial charge on any atom is 0.339 e. The van der Waals surface area contributed by atoms with Gasteiger partial charge in [0.25, 0.3) is 5.91 Å². The van der Waals surface area contributed by atoms with E-state index in [9.17, 15) is 14.0 Å². The molecule has 2 aromatic carbocycles. The van der Waals surface area contributed by atoms with Crippen LogP contribution in [-0.4, -0.2) is 43.7 Å². The summed E-state index contributed by atoms with van der Waals surface area (Å²) in [5, 5.41) is 14.3. The van der Waals surface area contributed by atoms with Crippen LogP contribution in [0.1, 0.15) is 33.9 Å². The quantitative estimate of drug-likeness (QED) is 0.469. The number of carbonyl (C=O) groups is 2. The van der Waals surface area contributed by atoms with Gasteiger partial charge in [0.05, 0.1) is 22.5 Å². The Balaban J connectivity index is 1.33. The second-order valence-corrected chi connectivity index (χ2v) is 7.71. The van der Waals surface area contributed by atoms with Crippen molar-refractivity contribution in [1.82, 2.24) is 25.2 Å². The first-order valence-corrected chi connectivity index (χ1v) is 10.4. The first-order valence-electron chi connectivity index (χ1n) is 10.4. The van der Waals surface area contributed by atoms with Crippen LogP contribution in [0.3, 0.4) is 0 Å². The predicted molar refractivity (Wildman–Crippen MR) is 117 cm³/mol. The Morgan fingerprint density at radius 2 is 2.03 bits per heavy atom. The number of aromatic nitrogens is 5. The van der Waals surface area contributed by atoms with Crippen molar-refractivity contribution in [3.63, 3.8) is 0 Å². The van der Waals surface area contributed by atoms with Crippen molar-refractivity contribution in [1.29, 1.82) is 0 Å². The molecule has 9 nitrogen and oxygen atoms in total. The number of rotatable bonds is 5. The van der Waals surface area contributed by atoms with Gasteiger partial charge in [-0.25, -0.2) is 9.18 Å². The smallest absolute Gasteiger partial charge is 0.339 e. The molecule has 0 saturated heterocycles. The fraction of sp³-hybridized carbons (Fsp3) is 0.217. The van der Waals surface area contributed by atoms with Crippen LogP contribution in [0.25, 0.3) is 16.6 Å². The molecule has 0 atom stereocenters. The van der Waals surface area contributed by atoms with E-state index in [2.05, 4.69) is 25.8 Å². The molecule has 4 aromatic rings. The number of halogens is 1. The van der Waals surface area contributed by atoms with Gasteiger partial charge in [-0.3, -0.25) is 9.78 Å². The number of ether oxygens (including phenoxy) is 1. The van der Waals surface area contributed by atoms with Crippen LogP contribution < -0.4 is 5.32 Å². The molecule has 166 valence electrons. The lowest BCUT2D eigenvalue weighted by Gasteiger charge is -2.13. The van der Waals surface area contributed by atoms with E-state index >= 15 is 0 Å². The number of aryl methyl sites for hydroxylation is 2. The predicted octanol–water partition coefficient (Wildman–Crippen LogP) is 2.94. The molecule has 0 fully saturated rings. The molecule has 0 bridgehead atoms. The zero-order valence-electron chi connectivity index (χ0n) is 17.7. The number of anilines is 1. The zero-order valence-corrected chi connectivity index (χ0v) is 17.7. The van der Waals surface area contributed by atoms with Crippen molar-refractivity contribution in [2.75, 3.05) is 11.9 Å². The SMILES string of the molecule is Cc1nnnn1-c1ccc(F)c(NC(=O)COC(=O)c2c3c(nc4ccccc24)CCC3)c1. The molecular weight excluding hydrogens is 427 g/mol. The largest absolute Gasteiger partial charge is 0.452 e. The van der Waals surface area contributed by atoms with Gasteiger partial charge in [-0.05, 0) is 66.4 Å². The number of pyridine rings is 1. The maximum absolute atomic E-state index is 14.3. The number of para-hydroxylation sites is 1. The van der Waals surface area contributed by atoms with Gasteiger partial charge >= 0.3 is 5.97 Å². The molecule has 1 amide bonds. The molecule has 0 spiro atoms. The summed E-state index contributed by atoms with van der Waals surface area (Å²) < 4.78 is 21.0. The molecule has 0 radical (unpaired) electrons. The zero-order chi connectivity index (χ0) is 22.9. The van der Waals surface area contributed by atoms with Gasteiger partial charge in [-0.2, -0.15) is 4.68 Å². The first-order chi connectivity index (χ1) is 16.0. The van der Waals surface area contributed by atoms with E-state index in [1.807, 2.05) is 24.3 Å². The molecule has 1 aliphatic rings. The number of carbonyl (C=O) groups excluding carboxylic acids is 2. The third-order valence-corrected chi connectivity index (χ3v) is 5.55. The van der Waals surface area contributed by atoms with Crippen molar-refractivity contribution in [3.8, 4) is 5.69 Å². The molecule has 2 aromatic heterocycles. The van der Waals surface area contributed by atoms with Crippen LogP contribution in [0.4, 0.5) is 10.1 Å².